The van der Waals surface area contributed by atoms with Crippen LogP contribution in [0.25, 0.3) is 0 Å². The molecule has 4 heteroatoms. The van der Waals surface area contributed by atoms with E-state index in [4.69, 9.17) is 0 Å². The van der Waals surface area contributed by atoms with Crippen LogP contribution in [0.3, 0.4) is 0 Å². The highest BCUT2D eigenvalue weighted by molar-refractivity contribution is 5.86. The van der Waals surface area contributed by atoms with Crippen LogP contribution in [-0.4, -0.2) is 17.9 Å². The predicted octanol–water partition coefficient (Wildman–Crippen LogP) is 2.09. The van der Waals surface area contributed by atoms with Crippen molar-refractivity contribution in [1.29, 1.82) is 0 Å². The van der Waals surface area contributed by atoms with E-state index in [1.807, 2.05) is 38.1 Å². The van der Waals surface area contributed by atoms with Gasteiger partial charge in [-0.05, 0) is 25.8 Å². The number of hydrogen-bond acceptors (Lipinski definition) is 2. The molecule has 0 saturated carbocycles. The fourth-order valence-electron chi connectivity index (χ4n) is 1.89. The highest BCUT2D eigenvalue weighted by atomic mass is 16.2. The monoisotopic (exact) mass is 262 g/mol. The molecule has 0 aliphatic carbocycles. The summed E-state index contributed by atoms with van der Waals surface area (Å²) in [4.78, 5) is 22.9. The van der Waals surface area contributed by atoms with E-state index in [9.17, 15) is 9.59 Å². The average molecular weight is 262 g/mol. The van der Waals surface area contributed by atoms with Crippen LogP contribution in [0.2, 0.25) is 0 Å². The molecule has 0 fully saturated rings. The molecule has 1 aromatic carbocycles. The molecule has 2 amide bonds. The van der Waals surface area contributed by atoms with Crippen LogP contribution in [-0.2, 0) is 9.59 Å². The third-order valence-corrected chi connectivity index (χ3v) is 3.02. The normalized spacial score (nSPS) is 13.5. The van der Waals surface area contributed by atoms with E-state index < -0.39 is 6.04 Å². The van der Waals surface area contributed by atoms with Gasteiger partial charge in [-0.25, -0.2) is 0 Å². The Morgan fingerprint density at radius 3 is 2.21 bits per heavy atom. The van der Waals surface area contributed by atoms with Gasteiger partial charge in [0.05, 0.1) is 6.04 Å². The number of carbonyl (C=O) groups is 2. The van der Waals surface area contributed by atoms with E-state index in [1.165, 1.54) is 12.5 Å². The van der Waals surface area contributed by atoms with Gasteiger partial charge in [0.25, 0.3) is 0 Å². The van der Waals surface area contributed by atoms with Gasteiger partial charge in [-0.15, -0.1) is 0 Å². The molecule has 0 aliphatic heterocycles. The van der Waals surface area contributed by atoms with Crippen molar-refractivity contribution < 1.29 is 9.59 Å². The maximum absolute atomic E-state index is 12.0. The fraction of sp³-hybridized carbons (Fsp3) is 0.467. The Labute approximate surface area is 114 Å². The van der Waals surface area contributed by atoms with Crippen molar-refractivity contribution in [2.24, 2.45) is 0 Å². The van der Waals surface area contributed by atoms with E-state index in [2.05, 4.69) is 10.6 Å². The molecular formula is C15H22N2O2. The van der Waals surface area contributed by atoms with Gasteiger partial charge in [-0.3, -0.25) is 9.59 Å². The van der Waals surface area contributed by atoms with Gasteiger partial charge in [0.1, 0.15) is 6.04 Å². The number of amides is 2. The first-order valence-electron chi connectivity index (χ1n) is 6.58. The molecule has 2 unspecified atom stereocenters. The Balaban J connectivity index is 2.69. The number of rotatable bonds is 5. The predicted molar refractivity (Wildman–Crippen MR) is 75.6 cm³/mol. The van der Waals surface area contributed by atoms with Crippen molar-refractivity contribution in [3.8, 4) is 0 Å². The summed E-state index contributed by atoms with van der Waals surface area (Å²) in [7, 11) is 0. The second-order valence-corrected chi connectivity index (χ2v) is 4.80. The third-order valence-electron chi connectivity index (χ3n) is 3.02. The Morgan fingerprint density at radius 2 is 1.74 bits per heavy atom. The molecule has 4 nitrogen and oxygen atoms in total. The number of hydrogen-bond donors (Lipinski definition) is 2. The molecular weight excluding hydrogens is 240 g/mol. The van der Waals surface area contributed by atoms with E-state index in [0.717, 1.165) is 12.0 Å². The molecule has 0 saturated heterocycles. The maximum atomic E-state index is 12.0. The number of aryl methyl sites for hydroxylation is 1. The topological polar surface area (TPSA) is 58.2 Å². The lowest BCUT2D eigenvalue weighted by molar-refractivity contribution is -0.128. The zero-order valence-corrected chi connectivity index (χ0v) is 12.0. The first-order chi connectivity index (χ1) is 8.93. The first kappa shape index (κ1) is 15.2. The molecule has 0 heterocycles. The number of carbonyl (C=O) groups excluding carboxylic acids is 2. The highest BCUT2D eigenvalue weighted by Crippen LogP contribution is 2.17. The van der Waals surface area contributed by atoms with Crippen LogP contribution < -0.4 is 10.6 Å². The Kier molecular flexibility index (Phi) is 5.55. The van der Waals surface area contributed by atoms with Crippen molar-refractivity contribution >= 4 is 11.8 Å². The van der Waals surface area contributed by atoms with Crippen molar-refractivity contribution in [3.63, 3.8) is 0 Å². The molecule has 0 aliphatic rings. The van der Waals surface area contributed by atoms with E-state index in [1.54, 1.807) is 6.92 Å². The molecule has 1 aromatic rings. The van der Waals surface area contributed by atoms with Crippen LogP contribution in [0, 0.1) is 6.92 Å². The zero-order chi connectivity index (χ0) is 14.4. The van der Waals surface area contributed by atoms with Crippen LogP contribution >= 0.6 is 0 Å². The Morgan fingerprint density at radius 1 is 1.16 bits per heavy atom. The Hall–Kier alpha value is -1.84. The van der Waals surface area contributed by atoms with Gasteiger partial charge >= 0.3 is 0 Å². The summed E-state index contributed by atoms with van der Waals surface area (Å²) < 4.78 is 0. The van der Waals surface area contributed by atoms with Gasteiger partial charge < -0.3 is 10.6 Å². The first-order valence-corrected chi connectivity index (χ1v) is 6.58. The maximum Gasteiger partial charge on any atom is 0.242 e. The lowest BCUT2D eigenvalue weighted by Crippen LogP contribution is -2.45. The van der Waals surface area contributed by atoms with Gasteiger partial charge in [-0.1, -0.05) is 36.8 Å². The van der Waals surface area contributed by atoms with Crippen LogP contribution in [0.1, 0.15) is 44.4 Å². The molecule has 19 heavy (non-hydrogen) atoms. The molecule has 104 valence electrons. The minimum Gasteiger partial charge on any atom is -0.348 e. The summed E-state index contributed by atoms with van der Waals surface area (Å²) in [5.41, 5.74) is 2.27. The van der Waals surface area contributed by atoms with Crippen molar-refractivity contribution in [3.05, 3.63) is 35.4 Å². The van der Waals surface area contributed by atoms with Gasteiger partial charge in [0.15, 0.2) is 0 Å². The summed E-state index contributed by atoms with van der Waals surface area (Å²) >= 11 is 0. The molecule has 2 N–H and O–H groups in total. The molecule has 2 atom stereocenters. The van der Waals surface area contributed by atoms with E-state index in [0.29, 0.717) is 0 Å². The van der Waals surface area contributed by atoms with E-state index in [-0.39, 0.29) is 17.9 Å². The second-order valence-electron chi connectivity index (χ2n) is 4.80. The summed E-state index contributed by atoms with van der Waals surface area (Å²) in [5.74, 6) is -0.367. The minimum absolute atomic E-state index is 0.0238. The van der Waals surface area contributed by atoms with Crippen LogP contribution in [0.5, 0.6) is 0 Å². The van der Waals surface area contributed by atoms with E-state index >= 15 is 0 Å². The number of nitrogens with one attached hydrogen (secondary N) is 2. The lowest BCUT2D eigenvalue weighted by Gasteiger charge is -2.20. The average Bonchev–Trinajstić information content (AvgIpc) is 2.36. The summed E-state index contributed by atoms with van der Waals surface area (Å²) in [6.45, 7) is 7.13. The fourth-order valence-corrected chi connectivity index (χ4v) is 1.89. The van der Waals surface area contributed by atoms with Crippen LogP contribution in [0.4, 0.5) is 0 Å². The molecule has 0 aromatic heterocycles. The van der Waals surface area contributed by atoms with Gasteiger partial charge in [-0.2, -0.15) is 0 Å². The van der Waals surface area contributed by atoms with Crippen molar-refractivity contribution in [1.82, 2.24) is 10.6 Å². The second kappa shape index (κ2) is 6.92. The smallest absolute Gasteiger partial charge is 0.242 e. The SMILES string of the molecule is CCC(NC(=O)C(C)NC(C)=O)c1ccc(C)cc1. The molecule has 0 radical (unpaired) electrons. The largest absolute Gasteiger partial charge is 0.348 e. The lowest BCUT2D eigenvalue weighted by atomic mass is 10.0. The summed E-state index contributed by atoms with van der Waals surface area (Å²) in [6.07, 6.45) is 0.807. The molecule has 0 bridgehead atoms. The van der Waals surface area contributed by atoms with Gasteiger partial charge in [0.2, 0.25) is 11.8 Å². The third kappa shape index (κ3) is 4.73. The summed E-state index contributed by atoms with van der Waals surface area (Å²) in [5, 5.41) is 5.54. The highest BCUT2D eigenvalue weighted by Gasteiger charge is 2.18. The van der Waals surface area contributed by atoms with Crippen molar-refractivity contribution in [2.45, 2.75) is 46.2 Å². The van der Waals surface area contributed by atoms with Gasteiger partial charge in [0, 0.05) is 6.92 Å². The standard InChI is InChI=1S/C15H22N2O2/c1-5-14(13-8-6-10(2)7-9-13)17-15(19)11(3)16-12(4)18/h6-9,11,14H,5H2,1-4H3,(H,16,18)(H,17,19). The number of benzene rings is 1. The Bertz CT molecular complexity index is 440. The quantitative estimate of drug-likeness (QED) is 0.853. The minimum atomic E-state index is -0.517. The zero-order valence-electron chi connectivity index (χ0n) is 12.0. The van der Waals surface area contributed by atoms with Crippen LogP contribution in [0.15, 0.2) is 24.3 Å². The molecule has 1 rings (SSSR count). The summed E-state index contributed by atoms with van der Waals surface area (Å²) in [6, 6.07) is 7.56. The molecule has 0 spiro atoms. The van der Waals surface area contributed by atoms with Crippen molar-refractivity contribution in [2.75, 3.05) is 0 Å².